The molecule has 3 nitrogen and oxygen atoms in total. The first kappa shape index (κ1) is 12.3. The highest BCUT2D eigenvalue weighted by Crippen LogP contribution is 2.51. The Morgan fingerprint density at radius 2 is 2.11 bits per heavy atom. The minimum Gasteiger partial charge on any atom is -0.497 e. The van der Waals surface area contributed by atoms with Crippen LogP contribution in [-0.2, 0) is 6.42 Å². The van der Waals surface area contributed by atoms with E-state index in [4.69, 9.17) is 22.2 Å². The predicted molar refractivity (Wildman–Crippen MR) is 72.7 cm³/mol. The Morgan fingerprint density at radius 3 is 2.78 bits per heavy atom. The molecule has 0 aromatic heterocycles. The number of hydrogen-bond acceptors (Lipinski definition) is 3. The fraction of sp³-hybridized carbons (Fsp3) is 0.571. The minimum absolute atomic E-state index is 0.142. The predicted octanol–water partition coefficient (Wildman–Crippen LogP) is 2.49. The summed E-state index contributed by atoms with van der Waals surface area (Å²) in [6, 6.07) is 6.41. The maximum atomic E-state index is 6.49. The molecule has 0 saturated carbocycles. The van der Waals surface area contributed by atoms with Crippen LogP contribution in [0.25, 0.3) is 0 Å². The lowest BCUT2D eigenvalue weighted by molar-refractivity contribution is 0.135. The first-order valence-corrected chi connectivity index (χ1v) is 6.81. The molecule has 18 heavy (non-hydrogen) atoms. The Bertz CT molecular complexity index is 455. The second-order valence-electron chi connectivity index (χ2n) is 5.49. The van der Waals surface area contributed by atoms with Crippen molar-refractivity contribution in [2.24, 2.45) is 11.1 Å². The summed E-state index contributed by atoms with van der Waals surface area (Å²) < 4.78 is 7.17. The molecule has 3 rings (SSSR count). The largest absolute Gasteiger partial charge is 0.497 e. The quantitative estimate of drug-likeness (QED) is 0.794. The third kappa shape index (κ3) is 1.81. The zero-order chi connectivity index (χ0) is 12.8. The Kier molecular flexibility index (Phi) is 3.00. The zero-order valence-corrected chi connectivity index (χ0v) is 11.4. The summed E-state index contributed by atoms with van der Waals surface area (Å²) in [5.74, 6) is 0.924. The van der Waals surface area contributed by atoms with E-state index < -0.39 is 0 Å². The molecule has 1 heterocycles. The van der Waals surface area contributed by atoms with Crippen LogP contribution < -0.4 is 10.5 Å². The molecule has 2 N–H and O–H groups in total. The van der Waals surface area contributed by atoms with Crippen LogP contribution in [0.4, 0.5) is 0 Å². The number of ether oxygens (including phenoxy) is 1. The van der Waals surface area contributed by atoms with Gasteiger partial charge in [0.05, 0.1) is 7.11 Å². The number of benzene rings is 1. The Morgan fingerprint density at radius 1 is 1.39 bits per heavy atom. The topological polar surface area (TPSA) is 38.5 Å². The van der Waals surface area contributed by atoms with E-state index in [-0.39, 0.29) is 11.5 Å². The lowest BCUT2D eigenvalue weighted by Crippen LogP contribution is -2.41. The van der Waals surface area contributed by atoms with Crippen molar-refractivity contribution in [2.45, 2.75) is 25.3 Å². The summed E-state index contributed by atoms with van der Waals surface area (Å²) in [4.78, 5) is 0. The highest BCUT2D eigenvalue weighted by molar-refractivity contribution is 6.13. The molecule has 1 fully saturated rings. The highest BCUT2D eigenvalue weighted by atomic mass is 35.5. The second kappa shape index (κ2) is 4.41. The molecule has 4 heteroatoms. The average Bonchev–Trinajstić information content (AvgIpc) is 2.66. The molecule has 1 atom stereocenters. The number of piperidine rings is 1. The number of rotatable bonds is 1. The molecule has 1 saturated heterocycles. The van der Waals surface area contributed by atoms with E-state index in [2.05, 4.69) is 12.1 Å². The van der Waals surface area contributed by atoms with Crippen molar-refractivity contribution in [3.63, 3.8) is 0 Å². The number of hydrogen-bond donors (Lipinski definition) is 1. The molecule has 1 unspecified atom stereocenters. The molecule has 0 radical (unpaired) electrons. The maximum absolute atomic E-state index is 6.49. The molecule has 1 aliphatic carbocycles. The minimum atomic E-state index is 0.142. The van der Waals surface area contributed by atoms with Crippen molar-refractivity contribution in [2.75, 3.05) is 20.2 Å². The van der Waals surface area contributed by atoms with Gasteiger partial charge in [-0.25, -0.2) is 4.42 Å². The summed E-state index contributed by atoms with van der Waals surface area (Å²) in [7, 11) is 1.71. The van der Waals surface area contributed by atoms with Crippen molar-refractivity contribution in [1.82, 2.24) is 4.42 Å². The van der Waals surface area contributed by atoms with E-state index in [0.29, 0.717) is 0 Å². The van der Waals surface area contributed by atoms with Crippen LogP contribution in [0, 0.1) is 5.41 Å². The van der Waals surface area contributed by atoms with E-state index in [9.17, 15) is 0 Å². The number of methoxy groups -OCH3 is 1. The van der Waals surface area contributed by atoms with Gasteiger partial charge in [0.25, 0.3) is 0 Å². The molecule has 2 aliphatic rings. The molecule has 0 amide bonds. The first-order valence-electron chi connectivity index (χ1n) is 6.48. The van der Waals surface area contributed by atoms with Crippen molar-refractivity contribution in [1.29, 1.82) is 0 Å². The molecule has 1 aromatic rings. The monoisotopic (exact) mass is 266 g/mol. The number of nitrogens with two attached hydrogens (primary N) is 1. The van der Waals surface area contributed by atoms with Crippen LogP contribution in [0.5, 0.6) is 5.75 Å². The maximum Gasteiger partial charge on any atom is 0.119 e. The van der Waals surface area contributed by atoms with E-state index in [0.717, 1.165) is 38.1 Å². The number of fused-ring (bicyclic) bond motifs is 1. The number of halogens is 1. The van der Waals surface area contributed by atoms with Gasteiger partial charge in [-0.15, -0.1) is 0 Å². The molecular formula is C14H19ClN2O. The summed E-state index contributed by atoms with van der Waals surface area (Å²) in [6.45, 7) is 1.86. The van der Waals surface area contributed by atoms with Gasteiger partial charge in [-0.3, -0.25) is 0 Å². The summed E-state index contributed by atoms with van der Waals surface area (Å²) in [6.07, 6.45) is 3.22. The van der Waals surface area contributed by atoms with E-state index in [1.807, 2.05) is 10.5 Å². The normalized spacial score (nSPS) is 26.3. The van der Waals surface area contributed by atoms with E-state index in [1.54, 1.807) is 7.11 Å². The zero-order valence-electron chi connectivity index (χ0n) is 10.7. The molecule has 1 aromatic carbocycles. The van der Waals surface area contributed by atoms with Crippen molar-refractivity contribution >= 4 is 11.8 Å². The van der Waals surface area contributed by atoms with Crippen LogP contribution >= 0.6 is 11.8 Å². The van der Waals surface area contributed by atoms with Gasteiger partial charge in [-0.2, -0.15) is 0 Å². The van der Waals surface area contributed by atoms with Gasteiger partial charge in [-0.1, -0.05) is 6.07 Å². The van der Waals surface area contributed by atoms with Crippen molar-refractivity contribution < 1.29 is 4.74 Å². The first-order chi connectivity index (χ1) is 8.64. The third-order valence-corrected chi connectivity index (χ3v) is 4.93. The van der Waals surface area contributed by atoms with Gasteiger partial charge < -0.3 is 10.5 Å². The molecular weight excluding hydrogens is 248 g/mol. The van der Waals surface area contributed by atoms with Crippen LogP contribution in [-0.4, -0.2) is 24.6 Å². The standard InChI is InChI=1S/C14H19ClN2O/c1-18-11-2-3-12-10(8-11)9-14(13(12)16)4-6-17(15)7-5-14/h2-3,8,13H,4-7,9,16H2,1H3. The molecule has 0 bridgehead atoms. The fourth-order valence-electron chi connectivity index (χ4n) is 3.40. The van der Waals surface area contributed by atoms with E-state index in [1.165, 1.54) is 11.1 Å². The smallest absolute Gasteiger partial charge is 0.119 e. The molecule has 98 valence electrons. The molecule has 1 aliphatic heterocycles. The Balaban J connectivity index is 1.90. The van der Waals surface area contributed by atoms with Gasteiger partial charge in [0, 0.05) is 19.1 Å². The van der Waals surface area contributed by atoms with Crippen LogP contribution in [0.15, 0.2) is 18.2 Å². The van der Waals surface area contributed by atoms with Gasteiger partial charge >= 0.3 is 0 Å². The average molecular weight is 267 g/mol. The summed E-state index contributed by atoms with van der Waals surface area (Å²) >= 11 is 6.06. The van der Waals surface area contributed by atoms with Gasteiger partial charge in [-0.05, 0) is 59.7 Å². The van der Waals surface area contributed by atoms with Crippen molar-refractivity contribution in [3.05, 3.63) is 29.3 Å². The van der Waals surface area contributed by atoms with Gasteiger partial charge in [0.1, 0.15) is 5.75 Å². The van der Waals surface area contributed by atoms with Crippen LogP contribution in [0.1, 0.15) is 30.0 Å². The lowest BCUT2D eigenvalue weighted by atomic mass is 9.73. The van der Waals surface area contributed by atoms with Crippen molar-refractivity contribution in [3.8, 4) is 5.75 Å². The Hall–Kier alpha value is -0.770. The SMILES string of the molecule is COc1ccc2c(c1)CC1(CCN(Cl)CC1)C2N. The molecule has 1 spiro atoms. The van der Waals surface area contributed by atoms with Crippen LogP contribution in [0.3, 0.4) is 0 Å². The fourth-order valence-corrected chi connectivity index (χ4v) is 3.57. The highest BCUT2D eigenvalue weighted by Gasteiger charge is 2.45. The lowest BCUT2D eigenvalue weighted by Gasteiger charge is -2.39. The van der Waals surface area contributed by atoms with Gasteiger partial charge in [0.2, 0.25) is 0 Å². The van der Waals surface area contributed by atoms with E-state index >= 15 is 0 Å². The third-order valence-electron chi connectivity index (χ3n) is 4.59. The summed E-state index contributed by atoms with van der Waals surface area (Å²) in [5.41, 5.74) is 9.34. The second-order valence-corrected chi connectivity index (χ2v) is 5.97. The van der Waals surface area contributed by atoms with Gasteiger partial charge in [0.15, 0.2) is 0 Å². The number of nitrogens with zero attached hydrogens (tertiary/aromatic N) is 1. The Labute approximate surface area is 113 Å². The summed E-state index contributed by atoms with van der Waals surface area (Å²) in [5, 5.41) is 0. The van der Waals surface area contributed by atoms with Crippen LogP contribution in [0.2, 0.25) is 0 Å².